The lowest BCUT2D eigenvalue weighted by molar-refractivity contribution is -0.122. The van der Waals surface area contributed by atoms with Crippen molar-refractivity contribution in [3.05, 3.63) is 28.5 Å². The third-order valence-electron chi connectivity index (χ3n) is 3.44. The number of carbonyl (C=O) groups is 1. The SMILES string of the molecule is CCC(CC)(C(=O)Nc1c(F)cccc1Br)/C(N)=N/O. The Morgan fingerprint density at radius 1 is 1.50 bits per heavy atom. The third kappa shape index (κ3) is 2.92. The lowest BCUT2D eigenvalue weighted by atomic mass is 9.80. The Hall–Kier alpha value is -1.63. The number of carbonyl (C=O) groups excluding carboxylic acids is 1. The smallest absolute Gasteiger partial charge is 0.238 e. The maximum Gasteiger partial charge on any atom is 0.238 e. The molecule has 0 fully saturated rings. The molecule has 0 spiro atoms. The number of benzene rings is 1. The van der Waals surface area contributed by atoms with Crippen LogP contribution >= 0.6 is 15.9 Å². The first-order chi connectivity index (χ1) is 9.42. The second-order valence-corrected chi connectivity index (χ2v) is 5.18. The number of nitrogens with one attached hydrogen (secondary N) is 1. The Kier molecular flexibility index (Phi) is 5.50. The molecule has 0 atom stereocenters. The highest BCUT2D eigenvalue weighted by Gasteiger charge is 2.40. The highest BCUT2D eigenvalue weighted by Crippen LogP contribution is 2.31. The summed E-state index contributed by atoms with van der Waals surface area (Å²) in [6.07, 6.45) is 0.661. The molecule has 7 heteroatoms. The minimum atomic E-state index is -1.17. The summed E-state index contributed by atoms with van der Waals surface area (Å²) in [6, 6.07) is 4.37. The maximum absolute atomic E-state index is 13.7. The Bertz CT molecular complexity index is 510. The van der Waals surface area contributed by atoms with Gasteiger partial charge in [0.2, 0.25) is 5.91 Å². The average molecular weight is 346 g/mol. The van der Waals surface area contributed by atoms with E-state index in [4.69, 9.17) is 10.9 Å². The lowest BCUT2D eigenvalue weighted by Gasteiger charge is -2.28. The van der Waals surface area contributed by atoms with Crippen LogP contribution < -0.4 is 11.1 Å². The first kappa shape index (κ1) is 16.4. The van der Waals surface area contributed by atoms with Crippen molar-refractivity contribution in [2.45, 2.75) is 26.7 Å². The van der Waals surface area contributed by atoms with Gasteiger partial charge in [0, 0.05) is 4.47 Å². The van der Waals surface area contributed by atoms with Crippen LogP contribution in [0.1, 0.15) is 26.7 Å². The number of rotatable bonds is 5. The van der Waals surface area contributed by atoms with Gasteiger partial charge in [-0.25, -0.2) is 4.39 Å². The van der Waals surface area contributed by atoms with E-state index in [0.29, 0.717) is 17.3 Å². The van der Waals surface area contributed by atoms with Crippen LogP contribution in [0.3, 0.4) is 0 Å². The molecule has 0 bridgehead atoms. The van der Waals surface area contributed by atoms with Crippen LogP contribution in [0.5, 0.6) is 0 Å². The Labute approximate surface area is 125 Å². The van der Waals surface area contributed by atoms with E-state index >= 15 is 0 Å². The van der Waals surface area contributed by atoms with Crippen molar-refractivity contribution < 1.29 is 14.4 Å². The number of hydrogen-bond acceptors (Lipinski definition) is 3. The quantitative estimate of drug-likeness (QED) is 0.331. The van der Waals surface area contributed by atoms with E-state index < -0.39 is 17.1 Å². The summed E-state index contributed by atoms with van der Waals surface area (Å²) < 4.78 is 14.2. The molecule has 1 aromatic rings. The predicted octanol–water partition coefficient (Wildman–Crippen LogP) is 3.08. The summed E-state index contributed by atoms with van der Waals surface area (Å²) in [5.74, 6) is -1.26. The summed E-state index contributed by atoms with van der Waals surface area (Å²) in [6.45, 7) is 3.50. The number of halogens is 2. The summed E-state index contributed by atoms with van der Waals surface area (Å²) in [4.78, 5) is 12.4. The molecular weight excluding hydrogens is 329 g/mol. The summed E-state index contributed by atoms with van der Waals surface area (Å²) in [5.41, 5.74) is 4.50. The van der Waals surface area contributed by atoms with Gasteiger partial charge in [-0.3, -0.25) is 4.79 Å². The van der Waals surface area contributed by atoms with Crippen molar-refractivity contribution in [1.29, 1.82) is 0 Å². The zero-order chi connectivity index (χ0) is 15.3. The van der Waals surface area contributed by atoms with Gasteiger partial charge in [0.25, 0.3) is 0 Å². The van der Waals surface area contributed by atoms with Crippen molar-refractivity contribution in [2.75, 3.05) is 5.32 Å². The number of anilines is 1. The first-order valence-corrected chi connectivity index (χ1v) is 6.95. The van der Waals surface area contributed by atoms with Crippen molar-refractivity contribution in [2.24, 2.45) is 16.3 Å². The number of nitrogens with zero attached hydrogens (tertiary/aromatic N) is 1. The molecule has 1 amide bonds. The van der Waals surface area contributed by atoms with Gasteiger partial charge in [-0.2, -0.15) is 0 Å². The van der Waals surface area contributed by atoms with Gasteiger partial charge in [-0.05, 0) is 40.9 Å². The van der Waals surface area contributed by atoms with Crippen LogP contribution in [0, 0.1) is 11.2 Å². The van der Waals surface area contributed by atoms with Gasteiger partial charge in [-0.1, -0.05) is 25.1 Å². The minimum Gasteiger partial charge on any atom is -0.409 e. The molecule has 0 aliphatic heterocycles. The van der Waals surface area contributed by atoms with Crippen LogP contribution in [0.25, 0.3) is 0 Å². The number of amides is 1. The number of amidine groups is 1. The fraction of sp³-hybridized carbons (Fsp3) is 0.385. The molecule has 5 nitrogen and oxygen atoms in total. The van der Waals surface area contributed by atoms with E-state index in [1.165, 1.54) is 12.1 Å². The van der Waals surface area contributed by atoms with Crippen LogP contribution in [0.2, 0.25) is 0 Å². The van der Waals surface area contributed by atoms with Crippen molar-refractivity contribution in [1.82, 2.24) is 0 Å². The zero-order valence-electron chi connectivity index (χ0n) is 11.3. The summed E-state index contributed by atoms with van der Waals surface area (Å²) >= 11 is 3.17. The molecule has 0 unspecified atom stereocenters. The Morgan fingerprint density at radius 3 is 2.55 bits per heavy atom. The highest BCUT2D eigenvalue weighted by atomic mass is 79.9. The number of para-hydroxylation sites is 1. The van der Waals surface area contributed by atoms with E-state index in [2.05, 4.69) is 26.4 Å². The molecule has 0 aliphatic rings. The molecular formula is C13H17BrFN3O2. The summed E-state index contributed by atoms with van der Waals surface area (Å²) in [7, 11) is 0. The molecule has 4 N–H and O–H groups in total. The predicted molar refractivity (Wildman–Crippen MR) is 79.2 cm³/mol. The van der Waals surface area contributed by atoms with Gasteiger partial charge < -0.3 is 16.3 Å². The van der Waals surface area contributed by atoms with Crippen LogP contribution in [-0.2, 0) is 4.79 Å². The molecule has 110 valence electrons. The largest absolute Gasteiger partial charge is 0.409 e. The topological polar surface area (TPSA) is 87.7 Å². The van der Waals surface area contributed by atoms with Crippen LogP contribution in [0.15, 0.2) is 27.8 Å². The average Bonchev–Trinajstić information content (AvgIpc) is 2.44. The second kappa shape index (κ2) is 6.69. The van der Waals surface area contributed by atoms with E-state index in [9.17, 15) is 9.18 Å². The van der Waals surface area contributed by atoms with Crippen molar-refractivity contribution in [3.63, 3.8) is 0 Å². The molecule has 0 aliphatic carbocycles. The van der Waals surface area contributed by atoms with Gasteiger partial charge in [-0.15, -0.1) is 0 Å². The van der Waals surface area contributed by atoms with Gasteiger partial charge in [0.05, 0.1) is 5.69 Å². The standard InChI is InChI=1S/C13H17BrFN3O2/c1-3-13(4-2,11(16)18-20)12(19)17-10-8(14)6-5-7-9(10)15/h5-7,20H,3-4H2,1-2H3,(H2,16,18)(H,17,19). The molecule has 0 aromatic heterocycles. The van der Waals surface area contributed by atoms with Gasteiger partial charge in [0.1, 0.15) is 11.2 Å². The lowest BCUT2D eigenvalue weighted by Crippen LogP contribution is -2.46. The van der Waals surface area contributed by atoms with E-state index in [-0.39, 0.29) is 11.5 Å². The Morgan fingerprint density at radius 2 is 2.10 bits per heavy atom. The number of nitrogens with two attached hydrogens (primary N) is 1. The zero-order valence-corrected chi connectivity index (χ0v) is 12.9. The number of hydrogen-bond donors (Lipinski definition) is 3. The van der Waals surface area contributed by atoms with E-state index in [0.717, 1.165) is 0 Å². The first-order valence-electron chi connectivity index (χ1n) is 6.16. The monoisotopic (exact) mass is 345 g/mol. The summed E-state index contributed by atoms with van der Waals surface area (Å²) in [5, 5.41) is 14.3. The fourth-order valence-corrected chi connectivity index (χ4v) is 2.44. The fourth-order valence-electron chi connectivity index (χ4n) is 2.00. The maximum atomic E-state index is 13.7. The Balaban J connectivity index is 3.16. The van der Waals surface area contributed by atoms with Crippen LogP contribution in [-0.4, -0.2) is 17.0 Å². The second-order valence-electron chi connectivity index (χ2n) is 4.33. The van der Waals surface area contributed by atoms with Crippen molar-refractivity contribution in [3.8, 4) is 0 Å². The van der Waals surface area contributed by atoms with E-state index in [1.807, 2.05) is 0 Å². The van der Waals surface area contributed by atoms with Crippen molar-refractivity contribution >= 4 is 33.4 Å². The minimum absolute atomic E-state index is 0.0366. The molecule has 0 saturated heterocycles. The molecule has 0 heterocycles. The highest BCUT2D eigenvalue weighted by molar-refractivity contribution is 9.10. The molecule has 1 rings (SSSR count). The molecule has 1 aromatic carbocycles. The van der Waals surface area contributed by atoms with E-state index in [1.54, 1.807) is 19.9 Å². The normalized spacial score (nSPS) is 12.3. The molecule has 0 saturated carbocycles. The van der Waals surface area contributed by atoms with Gasteiger partial charge in [0.15, 0.2) is 5.84 Å². The molecule has 20 heavy (non-hydrogen) atoms. The number of oxime groups is 1. The van der Waals surface area contributed by atoms with Crippen LogP contribution in [0.4, 0.5) is 10.1 Å². The molecule has 0 radical (unpaired) electrons. The third-order valence-corrected chi connectivity index (χ3v) is 4.10. The van der Waals surface area contributed by atoms with Gasteiger partial charge >= 0.3 is 0 Å².